The number of carbonyl (C=O) groups is 1. The van der Waals surface area contributed by atoms with Gasteiger partial charge in [-0.25, -0.2) is 8.42 Å². The molecule has 150 valence electrons. The van der Waals surface area contributed by atoms with Crippen molar-refractivity contribution in [1.29, 1.82) is 0 Å². The lowest BCUT2D eigenvalue weighted by Crippen LogP contribution is -2.32. The molecule has 4 rings (SSSR count). The number of hydrogen-bond acceptors (Lipinski definition) is 4. The van der Waals surface area contributed by atoms with Gasteiger partial charge in [-0.2, -0.15) is 0 Å². The minimum Gasteiger partial charge on any atom is -0.349 e. The summed E-state index contributed by atoms with van der Waals surface area (Å²) >= 11 is 7.32. The molecule has 7 heteroatoms. The number of rotatable bonds is 5. The number of carbonyl (C=O) groups excluding carboxylic acids is 1. The van der Waals surface area contributed by atoms with E-state index in [2.05, 4.69) is 17.4 Å². The monoisotopic (exact) mass is 445 g/mol. The zero-order valence-corrected chi connectivity index (χ0v) is 18.2. The molecule has 3 aromatic rings. The summed E-state index contributed by atoms with van der Waals surface area (Å²) in [6.45, 7) is 1.98. The van der Waals surface area contributed by atoms with Crippen LogP contribution in [0.3, 0.4) is 0 Å². The average molecular weight is 446 g/mol. The van der Waals surface area contributed by atoms with Gasteiger partial charge in [-0.15, -0.1) is 11.3 Å². The summed E-state index contributed by atoms with van der Waals surface area (Å²) in [5.41, 5.74) is 2.53. The summed E-state index contributed by atoms with van der Waals surface area (Å²) in [5, 5.41) is 3.42. The van der Waals surface area contributed by atoms with Gasteiger partial charge in [0, 0.05) is 21.5 Å². The third-order valence-electron chi connectivity index (χ3n) is 4.99. The van der Waals surface area contributed by atoms with Gasteiger partial charge in [0.05, 0.1) is 15.5 Å². The van der Waals surface area contributed by atoms with E-state index >= 15 is 0 Å². The second kappa shape index (κ2) is 7.94. The Hall–Kier alpha value is -2.15. The van der Waals surface area contributed by atoms with Crippen LogP contribution in [0.1, 0.15) is 34.1 Å². The first-order chi connectivity index (χ1) is 13.8. The van der Waals surface area contributed by atoms with Crippen molar-refractivity contribution in [2.24, 2.45) is 0 Å². The van der Waals surface area contributed by atoms with Crippen LogP contribution in [-0.4, -0.2) is 20.4 Å². The van der Waals surface area contributed by atoms with Gasteiger partial charge >= 0.3 is 0 Å². The Morgan fingerprint density at radius 2 is 1.93 bits per heavy atom. The van der Waals surface area contributed by atoms with Gasteiger partial charge in [0.25, 0.3) is 5.91 Å². The standard InChI is InChI=1S/C22H20ClNO3S2/c1-14(7-8-15-5-3-2-4-6-15)24-22(25)19-11-16-13-29(26,27)20-12-17(23)9-10-18(20)21(16)28-19/h2-6,9-12,14H,7-8,13H2,1H3,(H,24,25)/t14-/m0/s1. The zero-order chi connectivity index (χ0) is 20.6. The molecule has 0 radical (unpaired) electrons. The Morgan fingerprint density at radius 3 is 2.69 bits per heavy atom. The fourth-order valence-corrected chi connectivity index (χ4v) is 6.61. The van der Waals surface area contributed by atoms with E-state index in [-0.39, 0.29) is 22.6 Å². The van der Waals surface area contributed by atoms with Crippen molar-refractivity contribution >= 4 is 38.7 Å². The summed E-state index contributed by atoms with van der Waals surface area (Å²) in [6.07, 6.45) is 1.71. The molecule has 1 atom stereocenters. The number of fused-ring (bicyclic) bond motifs is 3. The van der Waals surface area contributed by atoms with E-state index < -0.39 is 9.84 Å². The predicted octanol–water partition coefficient (Wildman–Crippen LogP) is 5.11. The predicted molar refractivity (Wildman–Crippen MR) is 117 cm³/mol. The van der Waals surface area contributed by atoms with E-state index in [0.29, 0.717) is 21.0 Å². The number of hydrogen-bond donors (Lipinski definition) is 1. The highest BCUT2D eigenvalue weighted by Gasteiger charge is 2.31. The maximum absolute atomic E-state index is 12.7. The lowest BCUT2D eigenvalue weighted by atomic mass is 10.1. The topological polar surface area (TPSA) is 63.2 Å². The second-order valence-electron chi connectivity index (χ2n) is 7.26. The van der Waals surface area contributed by atoms with Crippen LogP contribution in [0.4, 0.5) is 0 Å². The van der Waals surface area contributed by atoms with Crippen molar-refractivity contribution in [3.8, 4) is 10.4 Å². The highest BCUT2D eigenvalue weighted by atomic mass is 35.5. The SMILES string of the molecule is C[C@@H](CCc1ccccc1)NC(=O)c1cc2c(s1)-c1ccc(Cl)cc1S(=O)(=O)C2. The molecule has 0 unspecified atom stereocenters. The molecule has 0 saturated heterocycles. The molecule has 1 aromatic heterocycles. The fourth-order valence-electron chi connectivity index (χ4n) is 3.49. The molecule has 29 heavy (non-hydrogen) atoms. The fraction of sp³-hybridized carbons (Fsp3) is 0.227. The number of aryl methyl sites for hydroxylation is 1. The third kappa shape index (κ3) is 4.25. The van der Waals surface area contributed by atoms with Crippen molar-refractivity contribution in [2.45, 2.75) is 36.5 Å². The number of sulfone groups is 1. The van der Waals surface area contributed by atoms with Gasteiger partial charge in [0.2, 0.25) is 0 Å². The minimum absolute atomic E-state index is 0.0108. The maximum atomic E-state index is 12.7. The van der Waals surface area contributed by atoms with E-state index in [1.54, 1.807) is 18.2 Å². The van der Waals surface area contributed by atoms with Crippen LogP contribution < -0.4 is 5.32 Å². The Bertz CT molecular complexity index is 1170. The van der Waals surface area contributed by atoms with Gasteiger partial charge < -0.3 is 5.32 Å². The number of benzene rings is 2. The number of halogens is 1. The highest BCUT2D eigenvalue weighted by Crippen LogP contribution is 2.43. The van der Waals surface area contributed by atoms with Crippen LogP contribution in [0.2, 0.25) is 5.02 Å². The lowest BCUT2D eigenvalue weighted by Gasteiger charge is -2.16. The number of amides is 1. The molecule has 0 fully saturated rings. The number of thiophene rings is 1. The second-order valence-corrected chi connectivity index (χ2v) is 10.7. The first kappa shape index (κ1) is 20.1. The van der Waals surface area contributed by atoms with E-state index in [9.17, 15) is 13.2 Å². The van der Waals surface area contributed by atoms with E-state index in [0.717, 1.165) is 17.7 Å². The summed E-state index contributed by atoms with van der Waals surface area (Å²) < 4.78 is 25.2. The molecule has 0 saturated carbocycles. The van der Waals surface area contributed by atoms with Gasteiger partial charge in [0.1, 0.15) is 0 Å². The molecular weight excluding hydrogens is 426 g/mol. The van der Waals surface area contributed by atoms with E-state index in [1.165, 1.54) is 23.0 Å². The molecule has 2 aromatic carbocycles. The normalized spacial score (nSPS) is 15.2. The van der Waals surface area contributed by atoms with Crippen LogP contribution >= 0.6 is 22.9 Å². The summed E-state index contributed by atoms with van der Waals surface area (Å²) in [7, 11) is -3.46. The van der Waals surface area contributed by atoms with Crippen molar-refractivity contribution in [1.82, 2.24) is 5.32 Å². The Kier molecular flexibility index (Phi) is 5.51. The van der Waals surface area contributed by atoms with Crippen LogP contribution in [0, 0.1) is 0 Å². The van der Waals surface area contributed by atoms with Gasteiger partial charge in [0.15, 0.2) is 9.84 Å². The number of nitrogens with one attached hydrogen (secondary N) is 1. The van der Waals surface area contributed by atoms with Crippen LogP contribution in [0.25, 0.3) is 10.4 Å². The highest BCUT2D eigenvalue weighted by molar-refractivity contribution is 7.91. The minimum atomic E-state index is -3.46. The molecule has 1 aliphatic rings. The third-order valence-corrected chi connectivity index (χ3v) is 8.13. The Labute approximate surface area is 179 Å². The van der Waals surface area contributed by atoms with Crippen LogP contribution in [0.5, 0.6) is 0 Å². The summed E-state index contributed by atoms with van der Waals surface area (Å²) in [5.74, 6) is -0.277. The average Bonchev–Trinajstić information content (AvgIpc) is 3.10. The quantitative estimate of drug-likeness (QED) is 0.593. The van der Waals surface area contributed by atoms with Crippen molar-refractivity contribution < 1.29 is 13.2 Å². The zero-order valence-electron chi connectivity index (χ0n) is 15.8. The van der Waals surface area contributed by atoms with Gasteiger partial charge in [-0.3, -0.25) is 4.79 Å². The molecule has 1 N–H and O–H groups in total. The first-order valence-electron chi connectivity index (χ1n) is 9.33. The molecule has 0 aliphatic carbocycles. The first-order valence-corrected chi connectivity index (χ1v) is 12.2. The smallest absolute Gasteiger partial charge is 0.261 e. The molecule has 1 aliphatic heterocycles. The molecular formula is C22H20ClNO3S2. The van der Waals surface area contributed by atoms with Crippen LogP contribution in [-0.2, 0) is 22.0 Å². The molecule has 4 nitrogen and oxygen atoms in total. The van der Waals surface area contributed by atoms with Crippen molar-refractivity contribution in [2.75, 3.05) is 0 Å². The van der Waals surface area contributed by atoms with Crippen molar-refractivity contribution in [3.63, 3.8) is 0 Å². The van der Waals surface area contributed by atoms with Gasteiger partial charge in [-0.1, -0.05) is 48.0 Å². The van der Waals surface area contributed by atoms with E-state index in [1.807, 2.05) is 25.1 Å². The molecule has 0 spiro atoms. The lowest BCUT2D eigenvalue weighted by molar-refractivity contribution is 0.0942. The maximum Gasteiger partial charge on any atom is 0.261 e. The molecule has 1 amide bonds. The summed E-state index contributed by atoms with van der Waals surface area (Å²) in [4.78, 5) is 14.3. The van der Waals surface area contributed by atoms with Crippen molar-refractivity contribution in [3.05, 3.63) is 75.6 Å². The van der Waals surface area contributed by atoms with Crippen LogP contribution in [0.15, 0.2) is 59.5 Å². The Morgan fingerprint density at radius 1 is 1.17 bits per heavy atom. The Balaban J connectivity index is 1.51. The molecule has 0 bridgehead atoms. The van der Waals surface area contributed by atoms with Gasteiger partial charge in [-0.05, 0) is 49.1 Å². The molecule has 2 heterocycles. The summed E-state index contributed by atoms with van der Waals surface area (Å²) in [6, 6.07) is 16.7. The van der Waals surface area contributed by atoms with E-state index in [4.69, 9.17) is 11.6 Å². The largest absolute Gasteiger partial charge is 0.349 e.